The van der Waals surface area contributed by atoms with Gasteiger partial charge in [0, 0.05) is 23.2 Å². The second-order valence-corrected chi connectivity index (χ2v) is 6.71. The van der Waals surface area contributed by atoms with Crippen molar-refractivity contribution in [3.63, 3.8) is 0 Å². The Labute approximate surface area is 147 Å². The molecule has 0 spiro atoms. The summed E-state index contributed by atoms with van der Waals surface area (Å²) in [7, 11) is 1.87. The number of fused-ring (bicyclic) bond motifs is 1. The molecule has 0 saturated carbocycles. The Morgan fingerprint density at radius 3 is 2.78 bits per heavy atom. The van der Waals surface area contributed by atoms with Gasteiger partial charge in [0.1, 0.15) is 0 Å². The van der Waals surface area contributed by atoms with E-state index in [0.29, 0.717) is 14.8 Å². The van der Waals surface area contributed by atoms with Gasteiger partial charge in [0.2, 0.25) is 0 Å². The Kier molecular flexibility index (Phi) is 4.66. The van der Waals surface area contributed by atoms with E-state index in [1.165, 1.54) is 17.4 Å². The van der Waals surface area contributed by atoms with Crippen LogP contribution in [0.5, 0.6) is 0 Å². The minimum Gasteiger partial charge on any atom is -0.319 e. The number of nitrogens with zero attached hydrogens (tertiary/aromatic N) is 2. The minimum atomic E-state index is -0.335. The van der Waals surface area contributed by atoms with E-state index >= 15 is 0 Å². The number of hydrogen-bond acceptors (Lipinski definition) is 2. The molecule has 1 amide bonds. The van der Waals surface area contributed by atoms with Gasteiger partial charge in [-0.1, -0.05) is 52.7 Å². The van der Waals surface area contributed by atoms with Crippen molar-refractivity contribution in [3.05, 3.63) is 69.0 Å². The van der Waals surface area contributed by atoms with E-state index in [4.69, 9.17) is 23.2 Å². The van der Waals surface area contributed by atoms with Crippen molar-refractivity contribution < 1.29 is 4.79 Å². The number of aryl methyl sites for hydroxylation is 1. The third-order valence-corrected chi connectivity index (χ3v) is 4.96. The van der Waals surface area contributed by atoms with E-state index < -0.39 is 0 Å². The molecule has 3 aromatic rings. The number of hydrogen-bond donors (Lipinski definition) is 0. The number of amides is 1. The van der Waals surface area contributed by atoms with Crippen LogP contribution in [-0.2, 0) is 11.8 Å². The van der Waals surface area contributed by atoms with Crippen LogP contribution in [0.2, 0.25) is 10.0 Å². The van der Waals surface area contributed by atoms with E-state index in [9.17, 15) is 4.79 Å². The van der Waals surface area contributed by atoms with Crippen molar-refractivity contribution in [2.45, 2.75) is 0 Å². The largest absolute Gasteiger partial charge is 0.319 e. The standard InChI is InChI=1S/C17H12Cl2N2OS/c1-21-14-8-7-12(18)10-15(14)23-17(21)20-16(22)9-6-11-4-2-3-5-13(11)19/h2-10H,1H3. The third-order valence-electron chi connectivity index (χ3n) is 3.29. The molecule has 0 unspecified atom stereocenters. The molecule has 0 atom stereocenters. The molecule has 0 aliphatic carbocycles. The number of carbonyl (C=O) groups excluding carboxylic acids is 1. The zero-order valence-corrected chi connectivity index (χ0v) is 14.5. The zero-order valence-electron chi connectivity index (χ0n) is 12.2. The average Bonchev–Trinajstić information content (AvgIpc) is 2.82. The van der Waals surface area contributed by atoms with Crippen LogP contribution in [0.25, 0.3) is 16.3 Å². The number of halogens is 2. The summed E-state index contributed by atoms with van der Waals surface area (Å²) in [5, 5.41) is 1.26. The molecule has 0 bridgehead atoms. The van der Waals surface area contributed by atoms with Crippen molar-refractivity contribution in [1.82, 2.24) is 4.57 Å². The molecular formula is C17H12Cl2N2OS. The van der Waals surface area contributed by atoms with Gasteiger partial charge in [0.05, 0.1) is 10.2 Å². The molecule has 2 aromatic carbocycles. The molecule has 0 saturated heterocycles. The lowest BCUT2D eigenvalue weighted by Crippen LogP contribution is -2.12. The first kappa shape index (κ1) is 16.0. The Balaban J connectivity index is 1.94. The monoisotopic (exact) mass is 362 g/mol. The lowest BCUT2D eigenvalue weighted by atomic mass is 10.2. The van der Waals surface area contributed by atoms with E-state index in [1.54, 1.807) is 12.1 Å². The summed E-state index contributed by atoms with van der Waals surface area (Å²) in [4.78, 5) is 16.8. The molecule has 0 radical (unpaired) electrons. The Hall–Kier alpha value is -1.88. The smallest absolute Gasteiger partial charge is 0.272 e. The lowest BCUT2D eigenvalue weighted by Gasteiger charge is -1.95. The topological polar surface area (TPSA) is 34.4 Å². The van der Waals surface area contributed by atoms with Crippen LogP contribution in [0.15, 0.2) is 53.5 Å². The molecule has 1 heterocycles. The minimum absolute atomic E-state index is 0.335. The van der Waals surface area contributed by atoms with Gasteiger partial charge in [-0.2, -0.15) is 4.99 Å². The maximum Gasteiger partial charge on any atom is 0.272 e. The Morgan fingerprint density at radius 1 is 1.22 bits per heavy atom. The molecule has 0 aliphatic heterocycles. The molecule has 3 rings (SSSR count). The fourth-order valence-corrected chi connectivity index (χ4v) is 3.62. The van der Waals surface area contributed by atoms with E-state index in [2.05, 4.69) is 4.99 Å². The molecule has 0 fully saturated rings. The quantitative estimate of drug-likeness (QED) is 0.609. The predicted octanol–water partition coefficient (Wildman–Crippen LogP) is 4.69. The van der Waals surface area contributed by atoms with Crippen molar-refractivity contribution >= 4 is 56.7 Å². The summed E-state index contributed by atoms with van der Waals surface area (Å²) >= 11 is 13.5. The maximum atomic E-state index is 12.1. The molecule has 0 aliphatic rings. The van der Waals surface area contributed by atoms with Crippen molar-refractivity contribution in [2.75, 3.05) is 0 Å². The molecule has 116 valence electrons. The SMILES string of the molecule is Cn1c(=NC(=O)C=Cc2ccccc2Cl)sc2cc(Cl)ccc21. The van der Waals surface area contributed by atoms with Gasteiger partial charge < -0.3 is 4.57 Å². The van der Waals surface area contributed by atoms with Crippen molar-refractivity contribution in [1.29, 1.82) is 0 Å². The van der Waals surface area contributed by atoms with Gasteiger partial charge in [-0.25, -0.2) is 0 Å². The van der Waals surface area contributed by atoms with E-state index in [-0.39, 0.29) is 5.91 Å². The van der Waals surface area contributed by atoms with Crippen LogP contribution < -0.4 is 4.80 Å². The fraction of sp³-hybridized carbons (Fsp3) is 0.0588. The van der Waals surface area contributed by atoms with Crippen LogP contribution in [0.1, 0.15) is 5.56 Å². The summed E-state index contributed by atoms with van der Waals surface area (Å²) in [6.07, 6.45) is 3.08. The fourth-order valence-electron chi connectivity index (χ4n) is 2.12. The molecule has 1 aromatic heterocycles. The highest BCUT2D eigenvalue weighted by Crippen LogP contribution is 2.21. The first-order valence-corrected chi connectivity index (χ1v) is 8.38. The van der Waals surface area contributed by atoms with Gasteiger partial charge in [-0.3, -0.25) is 4.79 Å². The number of aromatic nitrogens is 1. The number of benzene rings is 2. The Morgan fingerprint density at radius 2 is 2.00 bits per heavy atom. The summed E-state index contributed by atoms with van der Waals surface area (Å²) < 4.78 is 2.86. The number of thiazole rings is 1. The van der Waals surface area contributed by atoms with Gasteiger partial charge in [0.15, 0.2) is 4.80 Å². The summed E-state index contributed by atoms with van der Waals surface area (Å²) in [5.41, 5.74) is 1.77. The highest BCUT2D eigenvalue weighted by atomic mass is 35.5. The molecule has 0 N–H and O–H groups in total. The summed E-state index contributed by atoms with van der Waals surface area (Å²) in [5.74, 6) is -0.335. The average molecular weight is 363 g/mol. The molecule has 6 heteroatoms. The predicted molar refractivity (Wildman–Crippen MR) is 96.9 cm³/mol. The maximum absolute atomic E-state index is 12.1. The second-order valence-electron chi connectivity index (χ2n) is 4.86. The summed E-state index contributed by atoms with van der Waals surface area (Å²) in [6, 6.07) is 12.9. The van der Waals surface area contributed by atoms with E-state index in [0.717, 1.165) is 15.8 Å². The van der Waals surface area contributed by atoms with Gasteiger partial charge >= 0.3 is 0 Å². The van der Waals surface area contributed by atoms with Gasteiger partial charge in [-0.15, -0.1) is 0 Å². The van der Waals surface area contributed by atoms with Crippen molar-refractivity contribution in [2.24, 2.45) is 12.0 Å². The highest BCUT2D eigenvalue weighted by Gasteiger charge is 2.04. The van der Waals surface area contributed by atoms with Crippen molar-refractivity contribution in [3.8, 4) is 0 Å². The van der Waals surface area contributed by atoms with Gasteiger partial charge in [0.25, 0.3) is 5.91 Å². The van der Waals surface area contributed by atoms with Crippen LogP contribution in [0, 0.1) is 0 Å². The van der Waals surface area contributed by atoms with Gasteiger partial charge in [-0.05, 0) is 35.9 Å². The lowest BCUT2D eigenvalue weighted by molar-refractivity contribution is -0.113. The van der Waals surface area contributed by atoms with Crippen LogP contribution in [-0.4, -0.2) is 10.5 Å². The Bertz CT molecular complexity index is 986. The first-order chi connectivity index (χ1) is 11.0. The first-order valence-electron chi connectivity index (χ1n) is 6.81. The number of carbonyl (C=O) groups is 1. The molecule has 3 nitrogen and oxygen atoms in total. The van der Waals surface area contributed by atoms with Crippen LogP contribution in [0.3, 0.4) is 0 Å². The molecule has 23 heavy (non-hydrogen) atoms. The van der Waals surface area contributed by atoms with Crippen LogP contribution >= 0.6 is 34.5 Å². The molecular weight excluding hydrogens is 351 g/mol. The second kappa shape index (κ2) is 6.71. The number of rotatable bonds is 2. The zero-order chi connectivity index (χ0) is 16.4. The highest BCUT2D eigenvalue weighted by molar-refractivity contribution is 7.16. The van der Waals surface area contributed by atoms with E-state index in [1.807, 2.05) is 48.0 Å². The third kappa shape index (κ3) is 3.55. The summed E-state index contributed by atoms with van der Waals surface area (Å²) in [6.45, 7) is 0. The van der Waals surface area contributed by atoms with Crippen LogP contribution in [0.4, 0.5) is 0 Å². The normalized spacial score (nSPS) is 12.4.